The van der Waals surface area contributed by atoms with E-state index >= 15 is 0 Å². The van der Waals surface area contributed by atoms with E-state index in [1.54, 1.807) is 55.8 Å². The molecule has 0 fully saturated rings. The summed E-state index contributed by atoms with van der Waals surface area (Å²) in [6.07, 6.45) is 4.29. The van der Waals surface area contributed by atoms with E-state index in [0.717, 1.165) is 5.39 Å². The fourth-order valence-electron chi connectivity index (χ4n) is 2.11. The van der Waals surface area contributed by atoms with Crippen molar-refractivity contribution in [2.45, 2.75) is 0 Å². The van der Waals surface area contributed by atoms with Gasteiger partial charge in [0.25, 0.3) is 0 Å². The molecule has 0 aliphatic rings. The highest BCUT2D eigenvalue weighted by Gasteiger charge is 2.06. The second-order valence-corrected chi connectivity index (χ2v) is 4.81. The lowest BCUT2D eigenvalue weighted by molar-refractivity contribution is 0.104. The molecule has 0 amide bonds. The van der Waals surface area contributed by atoms with Crippen molar-refractivity contribution in [2.75, 3.05) is 7.11 Å². The predicted molar refractivity (Wildman–Crippen MR) is 86.6 cm³/mol. The van der Waals surface area contributed by atoms with Gasteiger partial charge in [0, 0.05) is 17.6 Å². The molecule has 5 nitrogen and oxygen atoms in total. The van der Waals surface area contributed by atoms with Gasteiger partial charge in [-0.3, -0.25) is 9.78 Å². The first kappa shape index (κ1) is 14.7. The standard InChI is InChI=1S/C18H13NO4/c1-22-14-7-5-12-10-13(18(21)23-17(12)11-14)6-8-16(20)15-4-2-3-9-19-15/h2-11H,1H3/b8-6+. The zero-order valence-electron chi connectivity index (χ0n) is 12.4. The fraction of sp³-hybridized carbons (Fsp3) is 0.0556. The van der Waals surface area contributed by atoms with E-state index in [-0.39, 0.29) is 5.78 Å². The lowest BCUT2D eigenvalue weighted by Gasteiger charge is -2.02. The molecule has 0 aliphatic carbocycles. The van der Waals surface area contributed by atoms with E-state index in [1.165, 1.54) is 12.2 Å². The van der Waals surface area contributed by atoms with Gasteiger partial charge in [0.05, 0.1) is 12.7 Å². The molecular weight excluding hydrogens is 294 g/mol. The second kappa shape index (κ2) is 6.27. The van der Waals surface area contributed by atoms with Crippen LogP contribution in [0.5, 0.6) is 5.75 Å². The van der Waals surface area contributed by atoms with E-state index in [4.69, 9.17) is 9.15 Å². The summed E-state index contributed by atoms with van der Waals surface area (Å²) in [6.45, 7) is 0. The SMILES string of the molecule is COc1ccc2cc(/C=C/C(=O)c3ccccn3)c(=O)oc2c1. The summed E-state index contributed by atoms with van der Waals surface area (Å²) in [4.78, 5) is 27.9. The number of pyridine rings is 1. The molecule has 0 radical (unpaired) electrons. The van der Waals surface area contributed by atoms with Crippen molar-refractivity contribution in [3.05, 3.63) is 76.4 Å². The van der Waals surface area contributed by atoms with E-state index < -0.39 is 5.63 Å². The molecule has 114 valence electrons. The van der Waals surface area contributed by atoms with Gasteiger partial charge in [-0.2, -0.15) is 0 Å². The number of hydrogen-bond acceptors (Lipinski definition) is 5. The van der Waals surface area contributed by atoms with Gasteiger partial charge < -0.3 is 9.15 Å². The highest BCUT2D eigenvalue weighted by atomic mass is 16.5. The highest BCUT2D eigenvalue weighted by Crippen LogP contribution is 2.20. The number of methoxy groups -OCH3 is 1. The molecule has 0 saturated heterocycles. The molecular formula is C18H13NO4. The van der Waals surface area contributed by atoms with Crippen molar-refractivity contribution in [3.63, 3.8) is 0 Å². The number of fused-ring (bicyclic) bond motifs is 1. The van der Waals surface area contributed by atoms with Crippen LogP contribution in [0.1, 0.15) is 16.1 Å². The third-order valence-electron chi connectivity index (χ3n) is 3.30. The Morgan fingerprint density at radius 2 is 2.09 bits per heavy atom. The minimum absolute atomic E-state index is 0.278. The number of ketones is 1. The number of nitrogens with zero attached hydrogens (tertiary/aromatic N) is 1. The van der Waals surface area contributed by atoms with Crippen molar-refractivity contribution in [1.82, 2.24) is 4.98 Å². The van der Waals surface area contributed by atoms with Crippen LogP contribution in [0.4, 0.5) is 0 Å². The van der Waals surface area contributed by atoms with Crippen molar-refractivity contribution in [2.24, 2.45) is 0 Å². The minimum atomic E-state index is -0.518. The van der Waals surface area contributed by atoms with Gasteiger partial charge in [0.15, 0.2) is 0 Å². The Kier molecular flexibility index (Phi) is 4.01. The Morgan fingerprint density at radius 3 is 2.83 bits per heavy atom. The maximum atomic E-state index is 12.0. The molecule has 0 saturated carbocycles. The summed E-state index contributed by atoms with van der Waals surface area (Å²) in [6, 6.07) is 11.9. The first-order chi connectivity index (χ1) is 11.2. The summed E-state index contributed by atoms with van der Waals surface area (Å²) in [5.41, 5.74) is 0.531. The zero-order valence-corrected chi connectivity index (χ0v) is 12.4. The third kappa shape index (κ3) is 3.18. The Morgan fingerprint density at radius 1 is 1.22 bits per heavy atom. The van der Waals surface area contributed by atoms with Crippen molar-refractivity contribution in [1.29, 1.82) is 0 Å². The number of benzene rings is 1. The number of rotatable bonds is 4. The van der Waals surface area contributed by atoms with E-state index in [9.17, 15) is 9.59 Å². The number of allylic oxidation sites excluding steroid dienone is 1. The molecule has 3 aromatic rings. The number of ether oxygens (including phenoxy) is 1. The van der Waals surface area contributed by atoms with Crippen molar-refractivity contribution < 1.29 is 13.9 Å². The van der Waals surface area contributed by atoms with Gasteiger partial charge in [-0.05, 0) is 42.5 Å². The van der Waals surface area contributed by atoms with Crippen LogP contribution in [0.3, 0.4) is 0 Å². The normalized spacial score (nSPS) is 11.0. The molecule has 1 aromatic carbocycles. The first-order valence-electron chi connectivity index (χ1n) is 6.93. The lowest BCUT2D eigenvalue weighted by Crippen LogP contribution is -2.03. The average Bonchev–Trinajstić information content (AvgIpc) is 2.60. The average molecular weight is 307 g/mol. The summed E-state index contributed by atoms with van der Waals surface area (Å²) < 4.78 is 10.4. The van der Waals surface area contributed by atoms with Gasteiger partial charge >= 0.3 is 5.63 Å². The molecule has 0 atom stereocenters. The zero-order chi connectivity index (χ0) is 16.2. The number of aromatic nitrogens is 1. The van der Waals surface area contributed by atoms with E-state index in [2.05, 4.69) is 4.98 Å². The second-order valence-electron chi connectivity index (χ2n) is 4.81. The quantitative estimate of drug-likeness (QED) is 0.421. The van der Waals surface area contributed by atoms with Gasteiger partial charge in [-0.25, -0.2) is 4.79 Å². The van der Waals surface area contributed by atoms with Crippen LogP contribution in [0.15, 0.2) is 63.9 Å². The molecule has 0 spiro atoms. The van der Waals surface area contributed by atoms with Crippen LogP contribution in [-0.2, 0) is 0 Å². The van der Waals surface area contributed by atoms with Crippen molar-refractivity contribution >= 4 is 22.8 Å². The molecule has 2 aromatic heterocycles. The summed E-state index contributed by atoms with van der Waals surface area (Å²) in [5.74, 6) is 0.328. The van der Waals surface area contributed by atoms with E-state index in [1.807, 2.05) is 0 Å². The van der Waals surface area contributed by atoms with Crippen LogP contribution in [0.2, 0.25) is 0 Å². The molecule has 0 bridgehead atoms. The number of carbonyl (C=O) groups is 1. The minimum Gasteiger partial charge on any atom is -0.497 e. The third-order valence-corrected chi connectivity index (χ3v) is 3.30. The first-order valence-corrected chi connectivity index (χ1v) is 6.93. The topological polar surface area (TPSA) is 69.4 Å². The van der Waals surface area contributed by atoms with Crippen LogP contribution in [0, 0.1) is 0 Å². The fourth-order valence-corrected chi connectivity index (χ4v) is 2.11. The summed E-state index contributed by atoms with van der Waals surface area (Å²) in [7, 11) is 1.54. The summed E-state index contributed by atoms with van der Waals surface area (Å²) >= 11 is 0. The largest absolute Gasteiger partial charge is 0.497 e. The maximum absolute atomic E-state index is 12.0. The Bertz CT molecular complexity index is 942. The highest BCUT2D eigenvalue weighted by molar-refractivity contribution is 6.05. The lowest BCUT2D eigenvalue weighted by atomic mass is 10.1. The van der Waals surface area contributed by atoms with Crippen LogP contribution >= 0.6 is 0 Å². The van der Waals surface area contributed by atoms with Crippen LogP contribution in [-0.4, -0.2) is 17.9 Å². The molecule has 3 rings (SSSR count). The van der Waals surface area contributed by atoms with Gasteiger partial charge in [-0.15, -0.1) is 0 Å². The summed E-state index contributed by atoms with van der Waals surface area (Å²) in [5, 5.41) is 0.746. The molecule has 0 aliphatic heterocycles. The molecule has 5 heteroatoms. The molecule has 23 heavy (non-hydrogen) atoms. The Balaban J connectivity index is 1.94. The Hall–Kier alpha value is -3.21. The smallest absolute Gasteiger partial charge is 0.343 e. The molecule has 0 unspecified atom stereocenters. The van der Waals surface area contributed by atoms with E-state index in [0.29, 0.717) is 22.6 Å². The van der Waals surface area contributed by atoms with Gasteiger partial charge in [-0.1, -0.05) is 6.07 Å². The Labute approximate surface area is 131 Å². The monoisotopic (exact) mass is 307 g/mol. The predicted octanol–water partition coefficient (Wildman–Crippen LogP) is 3.09. The van der Waals surface area contributed by atoms with Crippen LogP contribution < -0.4 is 10.4 Å². The maximum Gasteiger partial charge on any atom is 0.343 e. The molecule has 2 heterocycles. The number of carbonyl (C=O) groups excluding carboxylic acids is 1. The van der Waals surface area contributed by atoms with Crippen molar-refractivity contribution in [3.8, 4) is 5.75 Å². The number of hydrogen-bond donors (Lipinski definition) is 0. The van der Waals surface area contributed by atoms with Gasteiger partial charge in [0.2, 0.25) is 5.78 Å². The van der Waals surface area contributed by atoms with Crippen LogP contribution in [0.25, 0.3) is 17.0 Å². The molecule has 0 N–H and O–H groups in total. The van der Waals surface area contributed by atoms with Gasteiger partial charge in [0.1, 0.15) is 17.0 Å².